The zero-order valence-corrected chi connectivity index (χ0v) is 21.0. The number of para-hydroxylation sites is 1. The fourth-order valence-electron chi connectivity index (χ4n) is 4.48. The number of carbonyl (C=O) groups excluding carboxylic acids is 2. The highest BCUT2D eigenvalue weighted by atomic mass is 16.5. The summed E-state index contributed by atoms with van der Waals surface area (Å²) >= 11 is 0. The van der Waals surface area contributed by atoms with Crippen LogP contribution in [0.3, 0.4) is 0 Å². The molecule has 4 rings (SSSR count). The molecule has 0 radical (unpaired) electrons. The Morgan fingerprint density at radius 2 is 1.83 bits per heavy atom. The van der Waals surface area contributed by atoms with Gasteiger partial charge in [-0.25, -0.2) is 4.79 Å². The second-order valence-corrected chi connectivity index (χ2v) is 9.39. The minimum Gasteiger partial charge on any atom is -0.490 e. The van der Waals surface area contributed by atoms with E-state index in [-0.39, 0.29) is 30.9 Å². The molecule has 1 aliphatic heterocycles. The van der Waals surface area contributed by atoms with E-state index >= 15 is 0 Å². The average Bonchev–Trinajstić information content (AvgIpc) is 2.85. The first-order chi connectivity index (χ1) is 17.3. The van der Waals surface area contributed by atoms with Crippen LogP contribution in [-0.4, -0.2) is 40.1 Å². The molecule has 190 valence electrons. The molecule has 9 heteroatoms. The van der Waals surface area contributed by atoms with Gasteiger partial charge in [0.05, 0.1) is 23.1 Å². The molecule has 1 aliphatic rings. The first kappa shape index (κ1) is 25.2. The number of nitrogens with zero attached hydrogens (tertiary/aromatic N) is 3. The topological polar surface area (TPSA) is 103 Å². The number of aryl methyl sites for hydroxylation is 1. The normalized spacial score (nSPS) is 12.9. The zero-order valence-electron chi connectivity index (χ0n) is 21.0. The Morgan fingerprint density at radius 1 is 1.06 bits per heavy atom. The van der Waals surface area contributed by atoms with Gasteiger partial charge in [-0.15, -0.1) is 0 Å². The van der Waals surface area contributed by atoms with Crippen molar-refractivity contribution in [3.05, 3.63) is 68.9 Å². The molecule has 0 spiro atoms. The summed E-state index contributed by atoms with van der Waals surface area (Å²) in [6.45, 7) is 6.44. The standard InChI is InChI=1S/C27H32N4O5/c1-18(2)28-24(32)10-6-7-13-30-26(34)20-8-4-5-9-21(20)31(27(30)35)17-25(33)29-14-15-36-23-12-11-19(3)16-22(23)29/h4-5,8-9,11-12,16,18H,6-7,10,13-15,17H2,1-3H3,(H,28,32). The molecule has 2 heterocycles. The highest BCUT2D eigenvalue weighted by Gasteiger charge is 2.25. The second kappa shape index (κ2) is 10.8. The summed E-state index contributed by atoms with van der Waals surface area (Å²) in [4.78, 5) is 53.6. The van der Waals surface area contributed by atoms with Crippen LogP contribution >= 0.6 is 0 Å². The molecule has 1 N–H and O–H groups in total. The molecule has 3 aromatic rings. The van der Waals surface area contributed by atoms with Crippen LogP contribution < -0.4 is 26.2 Å². The highest BCUT2D eigenvalue weighted by molar-refractivity contribution is 5.96. The minimum absolute atomic E-state index is 0.0557. The summed E-state index contributed by atoms with van der Waals surface area (Å²) in [7, 11) is 0. The van der Waals surface area contributed by atoms with E-state index in [1.54, 1.807) is 29.2 Å². The van der Waals surface area contributed by atoms with Crippen LogP contribution in [0.5, 0.6) is 5.75 Å². The van der Waals surface area contributed by atoms with Crippen LogP contribution in [0.4, 0.5) is 5.69 Å². The smallest absolute Gasteiger partial charge is 0.331 e. The molecule has 0 unspecified atom stereocenters. The van der Waals surface area contributed by atoms with E-state index in [0.29, 0.717) is 54.8 Å². The molecule has 1 aromatic heterocycles. The van der Waals surface area contributed by atoms with Gasteiger partial charge in [0, 0.05) is 19.0 Å². The summed E-state index contributed by atoms with van der Waals surface area (Å²) in [5, 5.41) is 3.21. The summed E-state index contributed by atoms with van der Waals surface area (Å²) in [5.41, 5.74) is 1.17. The van der Waals surface area contributed by atoms with Gasteiger partial charge in [-0.1, -0.05) is 18.2 Å². The van der Waals surface area contributed by atoms with Gasteiger partial charge in [0.15, 0.2) is 0 Å². The van der Waals surface area contributed by atoms with Crippen LogP contribution in [0.15, 0.2) is 52.1 Å². The molecule has 0 atom stereocenters. The summed E-state index contributed by atoms with van der Waals surface area (Å²) in [6.07, 6.45) is 1.35. The van der Waals surface area contributed by atoms with Crippen molar-refractivity contribution in [1.82, 2.24) is 14.5 Å². The Kier molecular flexibility index (Phi) is 7.57. The average molecular weight is 493 g/mol. The van der Waals surface area contributed by atoms with Crippen LogP contribution in [0, 0.1) is 6.92 Å². The number of amides is 2. The molecule has 0 bridgehead atoms. The molecule has 2 aromatic carbocycles. The van der Waals surface area contributed by atoms with Gasteiger partial charge in [-0.2, -0.15) is 0 Å². The number of carbonyl (C=O) groups is 2. The maximum absolute atomic E-state index is 13.4. The van der Waals surface area contributed by atoms with Crippen molar-refractivity contribution in [2.45, 2.75) is 59.2 Å². The number of nitrogens with one attached hydrogen (secondary N) is 1. The minimum atomic E-state index is -0.531. The van der Waals surface area contributed by atoms with E-state index in [9.17, 15) is 19.2 Å². The van der Waals surface area contributed by atoms with E-state index in [4.69, 9.17) is 4.74 Å². The van der Waals surface area contributed by atoms with E-state index in [1.165, 1.54) is 9.13 Å². The second-order valence-electron chi connectivity index (χ2n) is 9.39. The number of unbranched alkanes of at least 4 members (excludes halogenated alkanes) is 1. The predicted octanol–water partition coefficient (Wildman–Crippen LogP) is 2.59. The highest BCUT2D eigenvalue weighted by Crippen LogP contribution is 2.32. The van der Waals surface area contributed by atoms with E-state index in [2.05, 4.69) is 5.32 Å². The lowest BCUT2D eigenvalue weighted by Gasteiger charge is -2.30. The zero-order chi connectivity index (χ0) is 25.8. The Labute approximate surface area is 209 Å². The largest absolute Gasteiger partial charge is 0.490 e. The Morgan fingerprint density at radius 3 is 2.61 bits per heavy atom. The van der Waals surface area contributed by atoms with Crippen molar-refractivity contribution in [2.24, 2.45) is 0 Å². The summed E-state index contributed by atoms with van der Waals surface area (Å²) < 4.78 is 8.24. The lowest BCUT2D eigenvalue weighted by atomic mass is 10.1. The van der Waals surface area contributed by atoms with Crippen molar-refractivity contribution in [3.63, 3.8) is 0 Å². The predicted molar refractivity (Wildman–Crippen MR) is 139 cm³/mol. The van der Waals surface area contributed by atoms with Crippen molar-refractivity contribution < 1.29 is 14.3 Å². The Bertz CT molecular complexity index is 1410. The Hall–Kier alpha value is -3.88. The molecular weight excluding hydrogens is 460 g/mol. The molecule has 9 nitrogen and oxygen atoms in total. The molecule has 36 heavy (non-hydrogen) atoms. The van der Waals surface area contributed by atoms with Crippen LogP contribution in [0.25, 0.3) is 10.9 Å². The van der Waals surface area contributed by atoms with Gasteiger partial charge in [0.25, 0.3) is 5.56 Å². The first-order valence-electron chi connectivity index (χ1n) is 12.3. The molecule has 0 fully saturated rings. The molecule has 0 saturated heterocycles. The molecule has 0 aliphatic carbocycles. The van der Waals surface area contributed by atoms with Crippen LogP contribution in [0.2, 0.25) is 0 Å². The Balaban J connectivity index is 1.61. The van der Waals surface area contributed by atoms with Gasteiger partial charge in [-0.3, -0.25) is 23.5 Å². The lowest BCUT2D eigenvalue weighted by molar-refractivity contribution is -0.122. The number of fused-ring (bicyclic) bond motifs is 2. The monoisotopic (exact) mass is 492 g/mol. The summed E-state index contributed by atoms with van der Waals surface area (Å²) in [6, 6.07) is 12.5. The van der Waals surface area contributed by atoms with Gasteiger partial charge >= 0.3 is 5.69 Å². The maximum atomic E-state index is 13.4. The lowest BCUT2D eigenvalue weighted by Crippen LogP contribution is -2.45. The van der Waals surface area contributed by atoms with Gasteiger partial charge in [0.1, 0.15) is 18.9 Å². The number of benzene rings is 2. The van der Waals surface area contributed by atoms with Gasteiger partial charge in [-0.05, 0) is 63.4 Å². The van der Waals surface area contributed by atoms with Crippen molar-refractivity contribution in [3.8, 4) is 5.75 Å². The maximum Gasteiger partial charge on any atom is 0.331 e. The number of ether oxygens (including phenoxy) is 1. The van der Waals surface area contributed by atoms with Crippen LogP contribution in [-0.2, 0) is 22.7 Å². The molecule has 0 saturated carbocycles. The third-order valence-corrected chi connectivity index (χ3v) is 6.19. The van der Waals surface area contributed by atoms with Crippen molar-refractivity contribution in [2.75, 3.05) is 18.1 Å². The number of anilines is 1. The van der Waals surface area contributed by atoms with E-state index < -0.39 is 11.2 Å². The van der Waals surface area contributed by atoms with E-state index in [1.807, 2.05) is 39.0 Å². The molecular formula is C27H32N4O5. The molecule has 2 amide bonds. The fraction of sp³-hybridized carbons (Fsp3) is 0.407. The van der Waals surface area contributed by atoms with Crippen molar-refractivity contribution >= 4 is 28.4 Å². The third kappa shape index (κ3) is 5.35. The van der Waals surface area contributed by atoms with E-state index in [0.717, 1.165) is 5.56 Å². The number of hydrogen-bond donors (Lipinski definition) is 1. The quantitative estimate of drug-likeness (QED) is 0.487. The third-order valence-electron chi connectivity index (χ3n) is 6.19. The summed E-state index contributed by atoms with van der Waals surface area (Å²) in [5.74, 6) is 0.316. The van der Waals surface area contributed by atoms with Gasteiger partial charge < -0.3 is 15.0 Å². The number of rotatable bonds is 8. The number of aromatic nitrogens is 2. The number of hydrogen-bond acceptors (Lipinski definition) is 5. The first-order valence-corrected chi connectivity index (χ1v) is 12.3. The SMILES string of the molecule is Cc1ccc2c(c1)N(C(=O)Cn1c(=O)n(CCCCC(=O)NC(C)C)c(=O)c3ccccc31)CCO2. The van der Waals surface area contributed by atoms with Crippen molar-refractivity contribution in [1.29, 1.82) is 0 Å². The fourth-order valence-corrected chi connectivity index (χ4v) is 4.48. The van der Waals surface area contributed by atoms with Gasteiger partial charge in [0.2, 0.25) is 11.8 Å². The van der Waals surface area contributed by atoms with Crippen LogP contribution in [0.1, 0.15) is 38.7 Å².